The van der Waals surface area contributed by atoms with Crippen LogP contribution < -0.4 is 0 Å². The number of rotatable bonds is 0. The first kappa shape index (κ1) is 5.71. The Morgan fingerprint density at radius 3 is 1.50 bits per heavy atom. The number of nitrogens with zero attached hydrogens (tertiary/aromatic N) is 1. The molecular weight excluding hydrogens is 92.1 g/mol. The molecule has 0 saturated carbocycles. The van der Waals surface area contributed by atoms with Gasteiger partial charge in [-0.2, -0.15) is 0 Å². The maximum Gasteiger partial charge on any atom is 0.164 e. The van der Waals surface area contributed by atoms with E-state index in [1.165, 1.54) is 0 Å². The number of hydrogen-bond donors (Lipinski definition) is 0. The summed E-state index contributed by atoms with van der Waals surface area (Å²) in [6, 6.07) is 0. The summed E-state index contributed by atoms with van der Waals surface area (Å²) in [6.45, 7) is 6.06. The van der Waals surface area contributed by atoms with Crippen LogP contribution in [-0.4, -0.2) is 8.07 Å². The van der Waals surface area contributed by atoms with E-state index in [4.69, 9.17) is 5.26 Å². The minimum atomic E-state index is -1.33. The third-order valence-corrected chi connectivity index (χ3v) is 1.01. The van der Waals surface area contributed by atoms with Crippen molar-refractivity contribution in [1.29, 1.82) is 5.26 Å². The van der Waals surface area contributed by atoms with E-state index in [1.54, 1.807) is 0 Å². The standard InChI is InChI=1S/C4H9NSi/c1-6(2,3)4-5/h1-3H3/i4+1,5+1. The molecule has 0 amide bonds. The van der Waals surface area contributed by atoms with E-state index in [-0.39, 0.29) is 0 Å². The van der Waals surface area contributed by atoms with Crippen LogP contribution in [0.25, 0.3) is 0 Å². The van der Waals surface area contributed by atoms with Crippen LogP contribution in [0.15, 0.2) is 0 Å². The molecule has 0 aromatic carbocycles. The Kier molecular flexibility index (Phi) is 1.37. The molecule has 0 aliphatic heterocycles. The summed E-state index contributed by atoms with van der Waals surface area (Å²) in [5, 5.41) is 8.21. The van der Waals surface area contributed by atoms with Crippen molar-refractivity contribution in [3.05, 3.63) is 0 Å². The second kappa shape index (κ2) is 1.44. The molecule has 0 unspecified atom stereocenters. The molecule has 0 N–H and O–H groups in total. The summed E-state index contributed by atoms with van der Waals surface area (Å²) in [5.74, 6) is 0. The molecular formula is C4H9NSi. The van der Waals surface area contributed by atoms with Gasteiger partial charge in [0.25, 0.3) is 0 Å². The van der Waals surface area contributed by atoms with E-state index in [1.807, 2.05) is 19.6 Å². The van der Waals surface area contributed by atoms with Gasteiger partial charge in [-0.3, -0.25) is 0 Å². The van der Waals surface area contributed by atoms with Crippen molar-refractivity contribution in [3.8, 4) is 5.69 Å². The largest absolute Gasteiger partial charge is 0.207 e. The van der Waals surface area contributed by atoms with Crippen LogP contribution >= 0.6 is 0 Å². The van der Waals surface area contributed by atoms with Gasteiger partial charge in [0.05, 0.1) is 0 Å². The first-order valence-electron chi connectivity index (χ1n) is 1.97. The van der Waals surface area contributed by atoms with Gasteiger partial charge in [0.15, 0.2) is 8.07 Å². The quantitative estimate of drug-likeness (QED) is 0.257. The Hall–Kier alpha value is -0.293. The number of hydrogen-bond acceptors (Lipinski definition) is 1. The highest BCUT2D eigenvalue weighted by atomic mass is 28.3. The van der Waals surface area contributed by atoms with Gasteiger partial charge < -0.3 is 0 Å². The lowest BCUT2D eigenvalue weighted by Gasteiger charge is -1.96. The summed E-state index contributed by atoms with van der Waals surface area (Å²) in [7, 11) is -1.33. The lowest BCUT2D eigenvalue weighted by Crippen LogP contribution is -2.15. The Bertz CT molecular complexity index is 74.5. The average molecular weight is 101 g/mol. The van der Waals surface area contributed by atoms with E-state index in [2.05, 4.69) is 5.69 Å². The van der Waals surface area contributed by atoms with Crippen LogP contribution in [0, 0.1) is 11.0 Å². The molecule has 0 saturated heterocycles. The Balaban J connectivity index is 3.55. The van der Waals surface area contributed by atoms with Crippen LogP contribution in [-0.2, 0) is 0 Å². The smallest absolute Gasteiger partial charge is 0.164 e. The average Bonchev–Trinajstić information content (AvgIpc) is 1.35. The molecule has 1 nitrogen and oxygen atoms in total. The highest BCUT2D eigenvalue weighted by Crippen LogP contribution is 1.94. The van der Waals surface area contributed by atoms with E-state index >= 15 is 0 Å². The van der Waals surface area contributed by atoms with Crippen molar-refractivity contribution in [2.24, 2.45) is 0 Å². The molecule has 34 valence electrons. The maximum absolute atomic E-state index is 8.21. The summed E-state index contributed by atoms with van der Waals surface area (Å²) < 4.78 is 0. The SMILES string of the molecule is C[Si](C)(C)[13C]#[15N]. The topological polar surface area (TPSA) is 23.8 Å². The molecule has 0 radical (unpaired) electrons. The maximum atomic E-state index is 8.21. The predicted octanol–water partition coefficient (Wildman–Crippen LogP) is 1.39. The summed E-state index contributed by atoms with van der Waals surface area (Å²) in [4.78, 5) is 0. The zero-order chi connectivity index (χ0) is 5.21. The number of nitriles is 1. The lowest BCUT2D eigenvalue weighted by atomic mass is 11.8. The van der Waals surface area contributed by atoms with Crippen LogP contribution in [0.4, 0.5) is 0 Å². The monoisotopic (exact) mass is 101 g/mol. The molecule has 0 aromatic rings. The molecule has 0 aliphatic rings. The predicted molar refractivity (Wildman–Crippen MR) is 29.0 cm³/mol. The Morgan fingerprint density at radius 1 is 1.33 bits per heavy atom. The van der Waals surface area contributed by atoms with Gasteiger partial charge in [-0.05, 0) is 0 Å². The first-order valence-corrected chi connectivity index (χ1v) is 5.47. The molecule has 0 atom stereocenters. The van der Waals surface area contributed by atoms with Crippen molar-refractivity contribution < 1.29 is 0 Å². The second-order valence-electron chi connectivity index (χ2n) is 2.36. The van der Waals surface area contributed by atoms with Crippen LogP contribution in [0.1, 0.15) is 0 Å². The van der Waals surface area contributed by atoms with Crippen molar-refractivity contribution >= 4 is 8.07 Å². The molecule has 0 bridgehead atoms. The first-order chi connectivity index (χ1) is 2.56. The highest BCUT2D eigenvalue weighted by molar-refractivity contribution is 6.83. The molecule has 0 rings (SSSR count). The summed E-state index contributed by atoms with van der Waals surface area (Å²) in [5.41, 5.74) is 2.24. The van der Waals surface area contributed by atoms with Crippen molar-refractivity contribution in [1.82, 2.24) is 0 Å². The van der Waals surface area contributed by atoms with Gasteiger partial charge in [0.2, 0.25) is 0 Å². The van der Waals surface area contributed by atoms with Crippen molar-refractivity contribution in [2.75, 3.05) is 0 Å². The summed E-state index contributed by atoms with van der Waals surface area (Å²) >= 11 is 0. The summed E-state index contributed by atoms with van der Waals surface area (Å²) in [6.07, 6.45) is 0. The van der Waals surface area contributed by atoms with Gasteiger partial charge in [-0.1, -0.05) is 19.6 Å². The molecule has 0 fully saturated rings. The van der Waals surface area contributed by atoms with Gasteiger partial charge in [0, 0.05) is 5.69 Å². The molecule has 0 spiro atoms. The molecule has 6 heavy (non-hydrogen) atoms. The van der Waals surface area contributed by atoms with Crippen LogP contribution in [0.5, 0.6) is 0 Å². The van der Waals surface area contributed by atoms with Gasteiger partial charge in [-0.15, -0.1) is 0 Å². The molecule has 0 aromatic heterocycles. The molecule has 2 heteroatoms. The van der Waals surface area contributed by atoms with E-state index in [0.717, 1.165) is 0 Å². The zero-order valence-electron chi connectivity index (χ0n) is 4.45. The molecule has 0 aliphatic carbocycles. The van der Waals surface area contributed by atoms with E-state index < -0.39 is 8.07 Å². The normalized spacial score (nSPS) is 10.3. The third kappa shape index (κ3) is 3.71. The lowest BCUT2D eigenvalue weighted by molar-refractivity contribution is 1.53. The Labute approximate surface area is 39.6 Å². The van der Waals surface area contributed by atoms with Gasteiger partial charge in [-0.25, -0.2) is 5.26 Å². The second-order valence-corrected chi connectivity index (χ2v) is 7.09. The minimum Gasteiger partial charge on any atom is -0.207 e. The van der Waals surface area contributed by atoms with Gasteiger partial charge in [0.1, 0.15) is 0 Å². The minimum absolute atomic E-state index is 1.33. The van der Waals surface area contributed by atoms with Crippen LogP contribution in [0.3, 0.4) is 0 Å². The molecule has 0 heterocycles. The fourth-order valence-electron chi connectivity index (χ4n) is 0. The Morgan fingerprint density at radius 2 is 1.50 bits per heavy atom. The van der Waals surface area contributed by atoms with Gasteiger partial charge >= 0.3 is 0 Å². The van der Waals surface area contributed by atoms with E-state index in [9.17, 15) is 0 Å². The third-order valence-electron chi connectivity index (χ3n) is 0.335. The van der Waals surface area contributed by atoms with Crippen molar-refractivity contribution in [3.63, 3.8) is 0 Å². The van der Waals surface area contributed by atoms with Crippen molar-refractivity contribution in [2.45, 2.75) is 19.6 Å². The van der Waals surface area contributed by atoms with Crippen LogP contribution in [0.2, 0.25) is 19.6 Å². The van der Waals surface area contributed by atoms with E-state index in [0.29, 0.717) is 0 Å². The highest BCUT2D eigenvalue weighted by Gasteiger charge is 2.09. The fraction of sp³-hybridized carbons (Fsp3) is 0.750. The zero-order valence-corrected chi connectivity index (χ0v) is 5.45. The fourth-order valence-corrected chi connectivity index (χ4v) is 0.